The van der Waals surface area contributed by atoms with Crippen LogP contribution in [0.5, 0.6) is 0 Å². The van der Waals surface area contributed by atoms with Gasteiger partial charge in [-0.15, -0.1) is 11.3 Å². The van der Waals surface area contributed by atoms with E-state index in [2.05, 4.69) is 4.72 Å². The van der Waals surface area contributed by atoms with Gasteiger partial charge < -0.3 is 5.73 Å². The molecule has 1 fully saturated rings. The second-order valence-electron chi connectivity index (χ2n) is 4.34. The highest BCUT2D eigenvalue weighted by Gasteiger charge is 2.29. The molecule has 4 nitrogen and oxygen atoms in total. The zero-order valence-corrected chi connectivity index (χ0v) is 11.8. The van der Waals surface area contributed by atoms with Gasteiger partial charge in [-0.2, -0.15) is 0 Å². The van der Waals surface area contributed by atoms with E-state index < -0.39 is 10.0 Å². The fraction of sp³-hybridized carbons (Fsp3) is 0.600. The van der Waals surface area contributed by atoms with Crippen molar-refractivity contribution in [3.63, 3.8) is 0 Å². The van der Waals surface area contributed by atoms with Gasteiger partial charge in [0.05, 0.1) is 4.34 Å². The molecule has 0 bridgehead atoms. The average molecular weight is 295 g/mol. The molecule has 0 aliphatic heterocycles. The zero-order valence-electron chi connectivity index (χ0n) is 9.44. The van der Waals surface area contributed by atoms with Crippen molar-refractivity contribution in [2.75, 3.05) is 0 Å². The molecule has 1 aliphatic rings. The minimum Gasteiger partial charge on any atom is -0.326 e. The number of hydrogen-bond acceptors (Lipinski definition) is 4. The van der Waals surface area contributed by atoms with Crippen LogP contribution < -0.4 is 10.5 Å². The Balaban J connectivity index is 2.19. The van der Waals surface area contributed by atoms with E-state index in [-0.39, 0.29) is 16.3 Å². The molecule has 17 heavy (non-hydrogen) atoms. The standard InChI is InChI=1S/C10H15ClN2O2S2/c1-6-5-9(16-10(6)11)17(14,15)13-8-4-2-3-7(8)12/h5,7-8,13H,2-4,12H2,1H3. The summed E-state index contributed by atoms with van der Waals surface area (Å²) >= 11 is 6.96. The Hall–Kier alpha value is -0.140. The lowest BCUT2D eigenvalue weighted by Gasteiger charge is -2.16. The summed E-state index contributed by atoms with van der Waals surface area (Å²) in [5.74, 6) is 0. The van der Waals surface area contributed by atoms with Crippen molar-refractivity contribution < 1.29 is 8.42 Å². The summed E-state index contributed by atoms with van der Waals surface area (Å²) in [5, 5.41) is 0. The quantitative estimate of drug-likeness (QED) is 0.894. The van der Waals surface area contributed by atoms with E-state index in [1.165, 1.54) is 0 Å². The Bertz CT molecular complexity index is 493. The lowest BCUT2D eigenvalue weighted by Crippen LogP contribution is -2.43. The first-order chi connectivity index (χ1) is 7.90. The third-order valence-corrected chi connectivity index (χ3v) is 6.49. The number of thiophene rings is 1. The first-order valence-corrected chi connectivity index (χ1v) is 8.12. The number of sulfonamides is 1. The van der Waals surface area contributed by atoms with Crippen molar-refractivity contribution in [2.45, 2.75) is 42.5 Å². The maximum Gasteiger partial charge on any atom is 0.250 e. The van der Waals surface area contributed by atoms with Crippen molar-refractivity contribution >= 4 is 33.0 Å². The molecule has 2 unspecified atom stereocenters. The largest absolute Gasteiger partial charge is 0.326 e. The van der Waals surface area contributed by atoms with E-state index in [9.17, 15) is 8.42 Å². The fourth-order valence-electron chi connectivity index (χ4n) is 1.96. The molecule has 7 heteroatoms. The molecule has 1 aromatic heterocycles. The number of nitrogens with two attached hydrogens (primary N) is 1. The molecule has 1 aliphatic carbocycles. The van der Waals surface area contributed by atoms with Crippen LogP contribution in [0.25, 0.3) is 0 Å². The van der Waals surface area contributed by atoms with Crippen LogP contribution in [0.2, 0.25) is 4.34 Å². The average Bonchev–Trinajstić information content (AvgIpc) is 2.76. The smallest absolute Gasteiger partial charge is 0.250 e. The van der Waals surface area contributed by atoms with Crippen molar-refractivity contribution in [3.05, 3.63) is 16.0 Å². The van der Waals surface area contributed by atoms with Gasteiger partial charge in [0.2, 0.25) is 10.0 Å². The van der Waals surface area contributed by atoms with Gasteiger partial charge in [-0.3, -0.25) is 0 Å². The van der Waals surface area contributed by atoms with E-state index in [4.69, 9.17) is 17.3 Å². The van der Waals surface area contributed by atoms with Gasteiger partial charge in [0.1, 0.15) is 4.21 Å². The number of rotatable bonds is 3. The van der Waals surface area contributed by atoms with E-state index >= 15 is 0 Å². The summed E-state index contributed by atoms with van der Waals surface area (Å²) in [4.78, 5) is 0. The number of aryl methyl sites for hydroxylation is 1. The van der Waals surface area contributed by atoms with E-state index in [1.54, 1.807) is 13.0 Å². The molecular formula is C10H15ClN2O2S2. The van der Waals surface area contributed by atoms with Crippen molar-refractivity contribution in [3.8, 4) is 0 Å². The Morgan fingerprint density at radius 3 is 2.71 bits per heavy atom. The van der Waals surface area contributed by atoms with Crippen LogP contribution in [0.3, 0.4) is 0 Å². The minimum absolute atomic E-state index is 0.0821. The highest BCUT2D eigenvalue weighted by Crippen LogP contribution is 2.30. The van der Waals surface area contributed by atoms with Gasteiger partial charge in [0.15, 0.2) is 0 Å². The predicted octanol–water partition coefficient (Wildman–Crippen LogP) is 1.87. The maximum absolute atomic E-state index is 12.1. The summed E-state index contributed by atoms with van der Waals surface area (Å²) in [5.41, 5.74) is 6.63. The third-order valence-electron chi connectivity index (χ3n) is 2.98. The molecular weight excluding hydrogens is 280 g/mol. The van der Waals surface area contributed by atoms with Crippen LogP contribution in [0.15, 0.2) is 10.3 Å². The molecule has 0 aromatic carbocycles. The summed E-state index contributed by atoms with van der Waals surface area (Å²) < 4.78 is 27.6. The molecule has 1 heterocycles. The first kappa shape index (κ1) is 13.3. The maximum atomic E-state index is 12.1. The topological polar surface area (TPSA) is 72.2 Å². The zero-order chi connectivity index (χ0) is 12.6. The molecule has 96 valence electrons. The SMILES string of the molecule is Cc1cc(S(=O)(=O)NC2CCCC2N)sc1Cl. The Labute approximate surface area is 110 Å². The Morgan fingerprint density at radius 1 is 1.53 bits per heavy atom. The van der Waals surface area contributed by atoms with Gasteiger partial charge >= 0.3 is 0 Å². The summed E-state index contributed by atoms with van der Waals surface area (Å²) in [7, 11) is -3.47. The van der Waals surface area contributed by atoms with Crippen LogP contribution in [0.4, 0.5) is 0 Å². The molecule has 2 rings (SSSR count). The Kier molecular flexibility index (Phi) is 3.80. The molecule has 1 saturated carbocycles. The molecule has 3 N–H and O–H groups in total. The third kappa shape index (κ3) is 2.82. The predicted molar refractivity (Wildman–Crippen MR) is 70.0 cm³/mol. The number of nitrogens with one attached hydrogen (secondary N) is 1. The van der Waals surface area contributed by atoms with Gasteiger partial charge in [-0.1, -0.05) is 18.0 Å². The van der Waals surface area contributed by atoms with Crippen LogP contribution in [-0.4, -0.2) is 20.5 Å². The highest BCUT2D eigenvalue weighted by molar-refractivity contribution is 7.91. The summed E-state index contributed by atoms with van der Waals surface area (Å²) in [6, 6.07) is 1.36. The fourth-order valence-corrected chi connectivity index (χ4v) is 5.00. The summed E-state index contributed by atoms with van der Waals surface area (Å²) in [6.07, 6.45) is 2.65. The number of hydrogen-bond donors (Lipinski definition) is 2. The minimum atomic E-state index is -3.47. The van der Waals surface area contributed by atoms with Crippen LogP contribution in [0, 0.1) is 6.92 Å². The van der Waals surface area contributed by atoms with Crippen molar-refractivity contribution in [2.24, 2.45) is 5.73 Å². The normalized spacial score (nSPS) is 25.4. The first-order valence-electron chi connectivity index (χ1n) is 5.44. The molecule has 0 radical (unpaired) electrons. The highest BCUT2D eigenvalue weighted by atomic mass is 35.5. The second-order valence-corrected chi connectivity index (χ2v) is 7.94. The molecule has 0 saturated heterocycles. The molecule has 0 amide bonds. The van der Waals surface area contributed by atoms with Gasteiger partial charge in [-0.25, -0.2) is 13.1 Å². The lowest BCUT2D eigenvalue weighted by atomic mass is 10.2. The molecule has 1 aromatic rings. The van der Waals surface area contributed by atoms with Gasteiger partial charge in [0.25, 0.3) is 0 Å². The molecule has 0 spiro atoms. The molecule has 2 atom stereocenters. The van der Waals surface area contributed by atoms with Gasteiger partial charge in [0, 0.05) is 12.1 Å². The van der Waals surface area contributed by atoms with Crippen LogP contribution in [-0.2, 0) is 10.0 Å². The second kappa shape index (κ2) is 4.85. The van der Waals surface area contributed by atoms with Crippen molar-refractivity contribution in [1.29, 1.82) is 0 Å². The van der Waals surface area contributed by atoms with E-state index in [0.29, 0.717) is 4.34 Å². The monoisotopic (exact) mass is 294 g/mol. The van der Waals surface area contributed by atoms with E-state index in [0.717, 1.165) is 36.2 Å². The number of halogens is 1. The van der Waals surface area contributed by atoms with Crippen LogP contribution >= 0.6 is 22.9 Å². The van der Waals surface area contributed by atoms with E-state index in [1.807, 2.05) is 0 Å². The van der Waals surface area contributed by atoms with Crippen molar-refractivity contribution in [1.82, 2.24) is 4.72 Å². The summed E-state index contributed by atoms with van der Waals surface area (Å²) in [6.45, 7) is 1.79. The van der Waals surface area contributed by atoms with Gasteiger partial charge in [-0.05, 0) is 31.4 Å². The van der Waals surface area contributed by atoms with Crippen LogP contribution in [0.1, 0.15) is 24.8 Å². The lowest BCUT2D eigenvalue weighted by molar-refractivity contribution is 0.523. The Morgan fingerprint density at radius 2 is 2.24 bits per heavy atom.